The minimum absolute atomic E-state index is 0. The summed E-state index contributed by atoms with van der Waals surface area (Å²) in [6, 6.07) is 39.1. The van der Waals surface area contributed by atoms with Crippen molar-refractivity contribution < 1.29 is 45.1 Å². The van der Waals surface area contributed by atoms with Gasteiger partial charge in [-0.2, -0.15) is 5.26 Å². The van der Waals surface area contributed by atoms with Crippen molar-refractivity contribution in [2.75, 3.05) is 0 Å². The Balaban J connectivity index is 0.00000740. The third-order valence-electron chi connectivity index (χ3n) is 10.6. The molecule has 1 aliphatic rings. The van der Waals surface area contributed by atoms with Gasteiger partial charge in [-0.3, -0.25) is 0 Å². The van der Waals surface area contributed by atoms with Gasteiger partial charge in [0, 0.05) is 41.8 Å². The molecule has 0 radical (unpaired) electrons. The maximum absolute atomic E-state index is 9.74. The van der Waals surface area contributed by atoms with E-state index in [0.717, 1.165) is 30.6 Å². The van der Waals surface area contributed by atoms with Gasteiger partial charge in [-0.15, -0.1) is 90.0 Å². The van der Waals surface area contributed by atoms with Gasteiger partial charge in [0.2, 0.25) is 0 Å². The molecule has 9 aromatic rings. The van der Waals surface area contributed by atoms with Crippen molar-refractivity contribution in [1.82, 2.24) is 15.0 Å². The van der Waals surface area contributed by atoms with Crippen molar-refractivity contribution >= 4 is 21.9 Å². The molecule has 0 saturated heterocycles. The van der Waals surface area contributed by atoms with E-state index in [-0.39, 0.29) is 82.4 Å². The number of rotatable bonds is 13. The van der Waals surface area contributed by atoms with Crippen LogP contribution >= 0.6 is 0 Å². The van der Waals surface area contributed by atoms with Crippen LogP contribution in [0.25, 0.3) is 55.7 Å². The summed E-state index contributed by atoms with van der Waals surface area (Å²) in [6.45, 7) is 0. The molecule has 63 heavy (non-hydrogen) atoms. The molecule has 0 atom stereocenters. The summed E-state index contributed by atoms with van der Waals surface area (Å²) < 4.78 is 147. The number of nitrogens with zero attached hydrogens (tertiary/aromatic N) is 4. The van der Waals surface area contributed by atoms with Gasteiger partial charge in [0.1, 0.15) is 5.58 Å². The Bertz CT molecular complexity index is 3770. The average molecular weight is 1010 g/mol. The number of hydrogen-bond donors (Lipinski definition) is 0. The van der Waals surface area contributed by atoms with Crippen molar-refractivity contribution in [3.05, 3.63) is 209 Å². The molecule has 0 N–H and O–H groups in total. The molecule has 0 unspecified atom stereocenters. The number of nitriles is 1. The van der Waals surface area contributed by atoms with Gasteiger partial charge < -0.3 is 19.4 Å². The summed E-state index contributed by atoms with van der Waals surface area (Å²) in [6.07, 6.45) is -13.3. The molecule has 0 aliphatic heterocycles. The maximum Gasteiger partial charge on any atom is 3.00 e. The van der Waals surface area contributed by atoms with Crippen molar-refractivity contribution in [1.29, 1.82) is 5.26 Å². The Labute approximate surface area is 404 Å². The topological polar surface area (TPSA) is 75.6 Å². The fourth-order valence-corrected chi connectivity index (χ4v) is 7.55. The van der Waals surface area contributed by atoms with Crippen LogP contribution in [0.5, 0.6) is 0 Å². The first kappa shape index (κ1) is 27.5. The van der Waals surface area contributed by atoms with Crippen LogP contribution in [-0.2, 0) is 58.3 Å². The van der Waals surface area contributed by atoms with Gasteiger partial charge in [-0.25, -0.2) is 0 Å². The molecule has 10 rings (SSSR count). The summed E-state index contributed by atoms with van der Waals surface area (Å²) in [5.74, 6) is -1.35. The molecule has 1 saturated carbocycles. The summed E-state index contributed by atoms with van der Waals surface area (Å²) in [4.78, 5) is 13.4. The zero-order valence-corrected chi connectivity index (χ0v) is 36.0. The second-order valence-electron chi connectivity index (χ2n) is 14.7. The Hall–Kier alpha value is -6.51. The predicted molar refractivity (Wildman–Crippen MR) is 247 cm³/mol. The van der Waals surface area contributed by atoms with Crippen LogP contribution in [0.15, 0.2) is 150 Å². The summed E-state index contributed by atoms with van der Waals surface area (Å²) >= 11 is 0. The molecule has 4 heterocycles. The van der Waals surface area contributed by atoms with E-state index in [0.29, 0.717) is 59.0 Å². The van der Waals surface area contributed by atoms with Gasteiger partial charge in [-0.05, 0) is 125 Å². The minimum atomic E-state index is -3.22. The van der Waals surface area contributed by atoms with Gasteiger partial charge in [0.15, 0.2) is 0 Å². The molecule has 308 valence electrons. The number of pyridine rings is 3. The Morgan fingerprint density at radius 2 is 1.27 bits per heavy atom. The quantitative estimate of drug-likeness (QED) is 0.108. The van der Waals surface area contributed by atoms with E-state index in [1.807, 2.05) is 6.07 Å². The van der Waals surface area contributed by atoms with Crippen LogP contribution in [0.4, 0.5) is 0 Å². The second kappa shape index (κ2) is 19.3. The molecular formula is C57H45IrN4O. The first-order valence-corrected chi connectivity index (χ1v) is 20.2. The van der Waals surface area contributed by atoms with E-state index in [4.69, 9.17) is 7.16 Å². The van der Waals surface area contributed by atoms with Crippen molar-refractivity contribution in [3.8, 4) is 39.8 Å². The number of fused-ring (bicyclic) bond motifs is 3. The fourth-order valence-electron chi connectivity index (χ4n) is 7.55. The minimum Gasteiger partial charge on any atom is -0.501 e. The first-order chi connectivity index (χ1) is 36.3. The normalized spacial score (nSPS) is 18.0. The molecule has 1 fully saturated rings. The van der Waals surface area contributed by atoms with E-state index in [2.05, 4.69) is 33.2 Å². The summed E-state index contributed by atoms with van der Waals surface area (Å²) in [7, 11) is 0. The first-order valence-electron chi connectivity index (χ1n) is 27.7. The Morgan fingerprint density at radius 3 is 1.89 bits per heavy atom. The van der Waals surface area contributed by atoms with Gasteiger partial charge in [0.25, 0.3) is 0 Å². The second-order valence-corrected chi connectivity index (χ2v) is 14.7. The molecular weight excluding hydrogens is 949 g/mol. The average Bonchev–Trinajstić information content (AvgIpc) is 4.21. The number of aromatic nitrogens is 3. The summed E-state index contributed by atoms with van der Waals surface area (Å²) in [5.41, 5.74) is 0.000943. The van der Waals surface area contributed by atoms with E-state index >= 15 is 0 Å². The van der Waals surface area contributed by atoms with Crippen LogP contribution in [0.2, 0.25) is 0 Å². The largest absolute Gasteiger partial charge is 3.00 e. The monoisotopic (exact) mass is 1010 g/mol. The third kappa shape index (κ3) is 9.47. The zero-order valence-electron chi connectivity index (χ0n) is 48.6. The van der Waals surface area contributed by atoms with E-state index in [9.17, 15) is 23.1 Å². The van der Waals surface area contributed by atoms with Gasteiger partial charge in [-0.1, -0.05) is 78.4 Å². The SMILES string of the molecule is [2H]c1cc2c(oc3c(-c4ccc(C([2H])([2H])C([2H])([2H])c5cc(C([2H])([2H])C([2H])([2H])c6ccc(-c7[c-]cccc7)nc6)cc(C([2H])([2H])C([2H])([2H])c6cnc(-c7[c-]cccc7)cc6C6([2H])CCCC6)c5)cn4)[c-]ccc32)c([2H])c1C#N.[Ir+3]. The van der Waals surface area contributed by atoms with Crippen LogP contribution in [0.3, 0.4) is 0 Å². The third-order valence-corrected chi connectivity index (χ3v) is 10.6. The van der Waals surface area contributed by atoms with Crippen molar-refractivity contribution in [2.24, 2.45) is 0 Å². The van der Waals surface area contributed by atoms with Crippen molar-refractivity contribution in [3.63, 3.8) is 0 Å². The molecule has 0 amide bonds. The van der Waals surface area contributed by atoms with Crippen LogP contribution in [0.1, 0.15) is 96.6 Å². The molecule has 1 aliphatic carbocycles. The standard InChI is InChI=1S/C57H45N4O.Ir/c58-35-44-23-27-49-50-16-9-17-51(57(50)62-56(49)33-44)54-29-25-40(37-60-54)19-21-42-30-41(20-18-39-24-28-53(59-36-39)46-12-3-1-4-13-46)31-43(32-42)22-26-48-38-61-55(47-14-5-2-6-15-47)34-52(48)45-10-7-8-11-45;/h1-6,9,12,14,16,23-25,27-34,36-38,45H,7-8,10-11,18-22,26H2;/q-3;+3/i18D2,19D2,20D2,21D2,22D2,23D,26D2,33D,45D;. The van der Waals surface area contributed by atoms with E-state index < -0.39 is 60.8 Å². The molecule has 0 spiro atoms. The molecule has 4 aromatic heterocycles. The predicted octanol–water partition coefficient (Wildman–Crippen LogP) is 13.1. The Kier molecular flexibility index (Phi) is 8.42. The van der Waals surface area contributed by atoms with Crippen LogP contribution in [0, 0.1) is 29.5 Å². The van der Waals surface area contributed by atoms with Crippen LogP contribution < -0.4 is 0 Å². The van der Waals surface area contributed by atoms with Crippen LogP contribution in [-0.4, -0.2) is 15.0 Å². The molecule has 5 aromatic carbocycles. The van der Waals surface area contributed by atoms with Gasteiger partial charge >= 0.3 is 20.1 Å². The van der Waals surface area contributed by atoms with Gasteiger partial charge in [0.05, 0.1) is 20.0 Å². The Morgan fingerprint density at radius 1 is 0.651 bits per heavy atom. The fraction of sp³-hybridized carbons (Fsp3) is 0.193. The maximum atomic E-state index is 9.74. The van der Waals surface area contributed by atoms with Crippen molar-refractivity contribution in [2.45, 2.75) is 69.8 Å². The zero-order chi connectivity index (χ0) is 55.1. The molecule has 0 bridgehead atoms. The van der Waals surface area contributed by atoms with E-state index in [1.54, 1.807) is 66.7 Å². The molecule has 6 heteroatoms. The smallest absolute Gasteiger partial charge is 0.501 e. The molecule has 5 nitrogen and oxygen atoms in total. The number of benzene rings is 5. The summed E-state index contributed by atoms with van der Waals surface area (Å²) in [5, 5.41) is 10.5. The number of hydrogen-bond acceptors (Lipinski definition) is 5. The number of aryl methyl sites for hydroxylation is 6. The number of furan rings is 1. The van der Waals surface area contributed by atoms with E-state index in [1.165, 1.54) is 36.5 Å².